The zero-order chi connectivity index (χ0) is 15.4. The average molecular weight is 304 g/mol. The van der Waals surface area contributed by atoms with Crippen LogP contribution in [0.25, 0.3) is 0 Å². The first-order valence-electron chi connectivity index (χ1n) is 7.31. The highest BCUT2D eigenvalue weighted by Crippen LogP contribution is 2.14. The average Bonchev–Trinajstić information content (AvgIpc) is 2.96. The summed E-state index contributed by atoms with van der Waals surface area (Å²) in [6.07, 6.45) is 3.59. The molecule has 0 amide bonds. The normalized spacial score (nSPS) is 16.2. The first-order valence-corrected chi connectivity index (χ1v) is 7.31. The smallest absolute Gasteiger partial charge is 0.240 e. The minimum absolute atomic E-state index is 0.378. The molecule has 8 nitrogen and oxygen atoms in total. The first-order chi connectivity index (χ1) is 10.7. The summed E-state index contributed by atoms with van der Waals surface area (Å²) in [5.41, 5.74) is 0.941. The fourth-order valence-corrected chi connectivity index (χ4v) is 2.47. The number of aryl methyl sites for hydroxylation is 1. The molecule has 3 heterocycles. The molecular weight excluding hydrogens is 284 g/mol. The molecule has 22 heavy (non-hydrogen) atoms. The SMILES string of the molecule is COCc1noc(CN2CCN(c3cncc(C)n3)CC2)n1. The van der Waals surface area contributed by atoms with E-state index in [0.29, 0.717) is 24.9 Å². The molecule has 0 saturated carbocycles. The van der Waals surface area contributed by atoms with Crippen molar-refractivity contribution < 1.29 is 9.26 Å². The Balaban J connectivity index is 1.53. The minimum atomic E-state index is 0.378. The second-order valence-corrected chi connectivity index (χ2v) is 5.32. The third kappa shape index (κ3) is 3.58. The van der Waals surface area contributed by atoms with Crippen molar-refractivity contribution in [1.29, 1.82) is 0 Å². The van der Waals surface area contributed by atoms with Gasteiger partial charge in [-0.2, -0.15) is 4.98 Å². The molecule has 118 valence electrons. The van der Waals surface area contributed by atoms with Crippen LogP contribution in [0.5, 0.6) is 0 Å². The van der Waals surface area contributed by atoms with Crippen LogP contribution in [0.4, 0.5) is 5.82 Å². The lowest BCUT2D eigenvalue weighted by molar-refractivity contribution is 0.174. The molecule has 1 saturated heterocycles. The maximum atomic E-state index is 5.23. The van der Waals surface area contributed by atoms with Crippen molar-refractivity contribution in [3.63, 3.8) is 0 Å². The van der Waals surface area contributed by atoms with Crippen LogP contribution in [0.15, 0.2) is 16.9 Å². The second kappa shape index (κ2) is 6.80. The van der Waals surface area contributed by atoms with Crippen molar-refractivity contribution in [3.05, 3.63) is 29.8 Å². The van der Waals surface area contributed by atoms with Gasteiger partial charge in [0.1, 0.15) is 12.4 Å². The standard InChI is InChI=1S/C14H20N6O2/c1-11-7-15-8-13(16-11)20-5-3-19(4-6-20)9-14-17-12(10-21-2)18-22-14/h7-8H,3-6,9-10H2,1-2H3. The van der Waals surface area contributed by atoms with Crippen LogP contribution in [-0.2, 0) is 17.9 Å². The molecule has 3 rings (SSSR count). The first kappa shape index (κ1) is 14.9. The van der Waals surface area contributed by atoms with Crippen LogP contribution < -0.4 is 4.90 Å². The topological polar surface area (TPSA) is 80.4 Å². The number of nitrogens with zero attached hydrogens (tertiary/aromatic N) is 6. The van der Waals surface area contributed by atoms with Crippen LogP contribution in [0.2, 0.25) is 0 Å². The molecule has 0 bridgehead atoms. The number of piperazine rings is 1. The van der Waals surface area contributed by atoms with Gasteiger partial charge in [-0.15, -0.1) is 0 Å². The largest absolute Gasteiger partial charge is 0.377 e. The Morgan fingerprint density at radius 2 is 2.00 bits per heavy atom. The zero-order valence-corrected chi connectivity index (χ0v) is 12.9. The Morgan fingerprint density at radius 3 is 2.73 bits per heavy atom. The molecule has 2 aromatic rings. The van der Waals surface area contributed by atoms with Gasteiger partial charge in [0.25, 0.3) is 0 Å². The summed E-state index contributed by atoms with van der Waals surface area (Å²) < 4.78 is 10.2. The van der Waals surface area contributed by atoms with Crippen molar-refractivity contribution in [2.24, 2.45) is 0 Å². The lowest BCUT2D eigenvalue weighted by Gasteiger charge is -2.34. The highest BCUT2D eigenvalue weighted by molar-refractivity contribution is 5.36. The van der Waals surface area contributed by atoms with Gasteiger partial charge in [0.2, 0.25) is 5.89 Å². The van der Waals surface area contributed by atoms with E-state index in [4.69, 9.17) is 9.26 Å². The zero-order valence-electron chi connectivity index (χ0n) is 12.9. The molecule has 0 N–H and O–H groups in total. The maximum Gasteiger partial charge on any atom is 0.240 e. The molecule has 0 radical (unpaired) electrons. The summed E-state index contributed by atoms with van der Waals surface area (Å²) >= 11 is 0. The van der Waals surface area contributed by atoms with Gasteiger partial charge in [0.15, 0.2) is 5.82 Å². The van der Waals surface area contributed by atoms with Crippen LogP contribution in [0.1, 0.15) is 17.4 Å². The molecule has 0 unspecified atom stereocenters. The Morgan fingerprint density at radius 1 is 1.18 bits per heavy atom. The number of anilines is 1. The Labute approximate surface area is 129 Å². The van der Waals surface area contributed by atoms with E-state index in [1.165, 1.54) is 0 Å². The van der Waals surface area contributed by atoms with Crippen molar-refractivity contribution in [2.75, 3.05) is 38.2 Å². The summed E-state index contributed by atoms with van der Waals surface area (Å²) in [5.74, 6) is 2.17. The molecule has 2 aromatic heterocycles. The fourth-order valence-electron chi connectivity index (χ4n) is 2.47. The van der Waals surface area contributed by atoms with E-state index in [1.54, 1.807) is 13.3 Å². The second-order valence-electron chi connectivity index (χ2n) is 5.32. The van der Waals surface area contributed by atoms with Crippen molar-refractivity contribution in [1.82, 2.24) is 25.0 Å². The van der Waals surface area contributed by atoms with E-state index >= 15 is 0 Å². The van der Waals surface area contributed by atoms with Gasteiger partial charge < -0.3 is 14.2 Å². The quantitative estimate of drug-likeness (QED) is 0.796. The van der Waals surface area contributed by atoms with Crippen LogP contribution in [0.3, 0.4) is 0 Å². The van der Waals surface area contributed by atoms with Crippen molar-refractivity contribution in [3.8, 4) is 0 Å². The molecule has 1 aliphatic rings. The van der Waals surface area contributed by atoms with Gasteiger partial charge in [-0.1, -0.05) is 5.16 Å². The molecule has 8 heteroatoms. The van der Waals surface area contributed by atoms with Gasteiger partial charge >= 0.3 is 0 Å². The molecule has 0 aliphatic carbocycles. The van der Waals surface area contributed by atoms with Gasteiger partial charge in [0, 0.05) is 39.5 Å². The third-order valence-corrected chi connectivity index (χ3v) is 3.58. The minimum Gasteiger partial charge on any atom is -0.377 e. The number of rotatable bonds is 5. The number of aromatic nitrogens is 4. The van der Waals surface area contributed by atoms with Gasteiger partial charge in [-0.05, 0) is 6.92 Å². The molecule has 1 fully saturated rings. The highest BCUT2D eigenvalue weighted by Gasteiger charge is 2.20. The summed E-state index contributed by atoms with van der Waals surface area (Å²) in [6.45, 7) is 6.69. The van der Waals surface area contributed by atoms with Crippen molar-refractivity contribution in [2.45, 2.75) is 20.1 Å². The summed E-state index contributed by atoms with van der Waals surface area (Å²) in [6, 6.07) is 0. The van der Waals surface area contributed by atoms with Crippen LogP contribution >= 0.6 is 0 Å². The highest BCUT2D eigenvalue weighted by atomic mass is 16.5. The fraction of sp³-hybridized carbons (Fsp3) is 0.571. The molecule has 0 aromatic carbocycles. The van der Waals surface area contributed by atoms with Gasteiger partial charge in [0.05, 0.1) is 18.4 Å². The van der Waals surface area contributed by atoms with E-state index < -0.39 is 0 Å². The summed E-state index contributed by atoms with van der Waals surface area (Å²) in [5, 5.41) is 3.88. The van der Waals surface area contributed by atoms with E-state index in [9.17, 15) is 0 Å². The number of hydrogen-bond acceptors (Lipinski definition) is 8. The molecule has 0 spiro atoms. The summed E-state index contributed by atoms with van der Waals surface area (Å²) in [4.78, 5) is 17.6. The van der Waals surface area contributed by atoms with E-state index in [0.717, 1.165) is 37.7 Å². The third-order valence-electron chi connectivity index (χ3n) is 3.58. The van der Waals surface area contributed by atoms with E-state index in [1.807, 2.05) is 13.1 Å². The lowest BCUT2D eigenvalue weighted by Crippen LogP contribution is -2.46. The molecule has 1 aliphatic heterocycles. The van der Waals surface area contributed by atoms with E-state index in [-0.39, 0.29) is 0 Å². The van der Waals surface area contributed by atoms with Crippen LogP contribution in [-0.4, -0.2) is 58.3 Å². The lowest BCUT2D eigenvalue weighted by atomic mass is 10.3. The van der Waals surface area contributed by atoms with Gasteiger partial charge in [-0.3, -0.25) is 9.88 Å². The molecule has 0 atom stereocenters. The van der Waals surface area contributed by atoms with Gasteiger partial charge in [-0.25, -0.2) is 4.98 Å². The predicted molar refractivity (Wildman–Crippen MR) is 79.3 cm³/mol. The molecular formula is C14H20N6O2. The maximum absolute atomic E-state index is 5.23. The van der Waals surface area contributed by atoms with Crippen LogP contribution in [0, 0.1) is 6.92 Å². The monoisotopic (exact) mass is 304 g/mol. The Hall–Kier alpha value is -2.06. The Bertz CT molecular complexity index is 609. The Kier molecular flexibility index (Phi) is 4.59. The predicted octanol–water partition coefficient (Wildman–Crippen LogP) is 0.637. The number of hydrogen-bond donors (Lipinski definition) is 0. The van der Waals surface area contributed by atoms with Crippen molar-refractivity contribution >= 4 is 5.82 Å². The number of methoxy groups -OCH3 is 1. The van der Waals surface area contributed by atoms with E-state index in [2.05, 4.69) is 29.9 Å². The number of ether oxygens (including phenoxy) is 1. The summed E-state index contributed by atoms with van der Waals surface area (Å²) in [7, 11) is 1.61.